The Morgan fingerprint density at radius 1 is 1.33 bits per heavy atom. The number of aromatic amines is 1. The van der Waals surface area contributed by atoms with E-state index >= 15 is 0 Å². The van der Waals surface area contributed by atoms with E-state index in [-0.39, 0.29) is 11.6 Å². The fourth-order valence-electron chi connectivity index (χ4n) is 1.09. The first kappa shape index (κ1) is 11.6. The third kappa shape index (κ3) is 3.27. The van der Waals surface area contributed by atoms with E-state index in [4.69, 9.17) is 0 Å². The average molecular weight is 210 g/mol. The van der Waals surface area contributed by atoms with Crippen LogP contribution in [-0.2, 0) is 0 Å². The lowest BCUT2D eigenvalue weighted by Crippen LogP contribution is -2.43. The summed E-state index contributed by atoms with van der Waals surface area (Å²) in [6.45, 7) is 9.60. The summed E-state index contributed by atoms with van der Waals surface area (Å²) in [6.07, 6.45) is 0. The van der Waals surface area contributed by atoms with Crippen LogP contribution in [0.4, 0.5) is 10.6 Å². The molecule has 2 amide bonds. The van der Waals surface area contributed by atoms with Crippen LogP contribution >= 0.6 is 0 Å². The van der Waals surface area contributed by atoms with E-state index in [1.54, 1.807) is 0 Å². The number of hydrogen-bond donors (Lipinski definition) is 3. The predicted octanol–water partition coefficient (Wildman–Crippen LogP) is 1.95. The van der Waals surface area contributed by atoms with Crippen molar-refractivity contribution in [3.63, 3.8) is 0 Å². The zero-order valence-corrected chi connectivity index (χ0v) is 9.86. The van der Waals surface area contributed by atoms with Gasteiger partial charge in [-0.3, -0.25) is 10.4 Å². The lowest BCUT2D eigenvalue weighted by Gasteiger charge is -2.20. The Labute approximate surface area is 89.6 Å². The molecule has 0 aliphatic heterocycles. The van der Waals surface area contributed by atoms with Gasteiger partial charge in [0.05, 0.1) is 0 Å². The molecule has 0 saturated heterocycles. The largest absolute Gasteiger partial charge is 0.333 e. The highest BCUT2D eigenvalue weighted by molar-refractivity contribution is 5.89. The molecule has 0 spiro atoms. The lowest BCUT2D eigenvalue weighted by atomic mass is 10.1. The molecule has 84 valence electrons. The van der Waals surface area contributed by atoms with Gasteiger partial charge in [0, 0.05) is 16.8 Å². The molecule has 5 heteroatoms. The quantitative estimate of drug-likeness (QED) is 0.663. The topological polar surface area (TPSA) is 69.8 Å². The zero-order valence-electron chi connectivity index (χ0n) is 9.86. The fourth-order valence-corrected chi connectivity index (χ4v) is 1.09. The van der Waals surface area contributed by atoms with Crippen molar-refractivity contribution in [1.29, 1.82) is 0 Å². The van der Waals surface area contributed by atoms with E-state index in [1.165, 1.54) is 0 Å². The number of aromatic nitrogens is 2. The van der Waals surface area contributed by atoms with Gasteiger partial charge in [-0.1, -0.05) is 0 Å². The molecule has 1 rings (SSSR count). The first-order valence-corrected chi connectivity index (χ1v) is 4.90. The number of urea groups is 1. The molecule has 0 bridgehead atoms. The molecule has 0 atom stereocenters. The number of carbonyl (C=O) groups excluding carboxylic acids is 1. The van der Waals surface area contributed by atoms with Crippen LogP contribution in [0.1, 0.15) is 32.0 Å². The summed E-state index contributed by atoms with van der Waals surface area (Å²) >= 11 is 0. The fraction of sp³-hybridized carbons (Fsp3) is 0.600. The Kier molecular flexibility index (Phi) is 3.02. The highest BCUT2D eigenvalue weighted by Crippen LogP contribution is 2.13. The zero-order chi connectivity index (χ0) is 11.6. The van der Waals surface area contributed by atoms with Crippen LogP contribution in [0.2, 0.25) is 0 Å². The van der Waals surface area contributed by atoms with Crippen LogP contribution in [0.25, 0.3) is 0 Å². The van der Waals surface area contributed by atoms with Gasteiger partial charge in [-0.15, -0.1) is 0 Å². The Bertz CT molecular complexity index is 362. The summed E-state index contributed by atoms with van der Waals surface area (Å²) in [4.78, 5) is 11.5. The predicted molar refractivity (Wildman–Crippen MR) is 60.0 cm³/mol. The molecule has 0 aliphatic carbocycles. The molecule has 15 heavy (non-hydrogen) atoms. The molecule has 3 N–H and O–H groups in total. The van der Waals surface area contributed by atoms with Crippen molar-refractivity contribution < 1.29 is 4.79 Å². The van der Waals surface area contributed by atoms with Crippen molar-refractivity contribution in [2.24, 2.45) is 0 Å². The molecular weight excluding hydrogens is 192 g/mol. The highest BCUT2D eigenvalue weighted by atomic mass is 16.2. The third-order valence-corrected chi connectivity index (χ3v) is 1.97. The maximum atomic E-state index is 11.5. The van der Waals surface area contributed by atoms with E-state index in [1.807, 2.05) is 34.6 Å². The van der Waals surface area contributed by atoms with Gasteiger partial charge in [0.2, 0.25) is 0 Å². The van der Waals surface area contributed by atoms with Crippen molar-refractivity contribution in [3.05, 3.63) is 11.3 Å². The van der Waals surface area contributed by atoms with Crippen molar-refractivity contribution in [2.45, 2.75) is 40.2 Å². The molecule has 1 aromatic heterocycles. The summed E-state index contributed by atoms with van der Waals surface area (Å²) in [6, 6.07) is -0.239. The van der Waals surface area contributed by atoms with E-state index in [2.05, 4.69) is 20.8 Å². The molecular formula is C10H18N4O. The van der Waals surface area contributed by atoms with Crippen molar-refractivity contribution in [2.75, 3.05) is 5.32 Å². The van der Waals surface area contributed by atoms with E-state index in [0.717, 1.165) is 11.3 Å². The van der Waals surface area contributed by atoms with Crippen LogP contribution in [0.5, 0.6) is 0 Å². The maximum absolute atomic E-state index is 11.5. The van der Waals surface area contributed by atoms with Gasteiger partial charge in [0.15, 0.2) is 5.82 Å². The number of aryl methyl sites for hydroxylation is 1. The summed E-state index contributed by atoms with van der Waals surface area (Å²) in [5.74, 6) is 0.578. The number of rotatable bonds is 1. The summed E-state index contributed by atoms with van der Waals surface area (Å²) < 4.78 is 0. The number of nitrogens with zero attached hydrogens (tertiary/aromatic N) is 1. The number of hydrogen-bond acceptors (Lipinski definition) is 2. The molecule has 0 aliphatic rings. The van der Waals surface area contributed by atoms with E-state index in [9.17, 15) is 4.79 Å². The van der Waals surface area contributed by atoms with Crippen LogP contribution in [0.15, 0.2) is 0 Å². The first-order valence-electron chi connectivity index (χ1n) is 4.90. The van der Waals surface area contributed by atoms with Crippen LogP contribution in [-0.4, -0.2) is 21.8 Å². The molecule has 0 aromatic carbocycles. The average Bonchev–Trinajstić information content (AvgIpc) is 2.32. The molecule has 5 nitrogen and oxygen atoms in total. The van der Waals surface area contributed by atoms with E-state index in [0.29, 0.717) is 5.82 Å². The second kappa shape index (κ2) is 3.92. The highest BCUT2D eigenvalue weighted by Gasteiger charge is 2.15. The number of anilines is 1. The maximum Gasteiger partial charge on any atom is 0.320 e. The van der Waals surface area contributed by atoms with Gasteiger partial charge in [0.25, 0.3) is 0 Å². The Balaban J connectivity index is 2.63. The number of carbonyl (C=O) groups is 1. The molecule has 1 heterocycles. The normalized spacial score (nSPS) is 11.3. The Hall–Kier alpha value is -1.52. The number of H-pyrrole nitrogens is 1. The SMILES string of the molecule is Cc1[nH]nc(NC(=O)NC(C)(C)C)c1C. The Morgan fingerprint density at radius 3 is 2.33 bits per heavy atom. The third-order valence-electron chi connectivity index (χ3n) is 1.97. The second-order valence-corrected chi connectivity index (χ2v) is 4.65. The van der Waals surface area contributed by atoms with Gasteiger partial charge in [-0.25, -0.2) is 4.79 Å². The van der Waals surface area contributed by atoms with Gasteiger partial charge in [-0.05, 0) is 34.6 Å². The lowest BCUT2D eigenvalue weighted by molar-refractivity contribution is 0.243. The van der Waals surface area contributed by atoms with Crippen molar-refractivity contribution in [3.8, 4) is 0 Å². The summed E-state index contributed by atoms with van der Waals surface area (Å²) in [5, 5.41) is 12.3. The monoisotopic (exact) mass is 210 g/mol. The molecule has 0 unspecified atom stereocenters. The minimum Gasteiger partial charge on any atom is -0.333 e. The smallest absolute Gasteiger partial charge is 0.320 e. The molecule has 0 fully saturated rings. The number of amides is 2. The first-order chi connectivity index (χ1) is 6.79. The molecule has 0 radical (unpaired) electrons. The van der Waals surface area contributed by atoms with Gasteiger partial charge in [-0.2, -0.15) is 5.10 Å². The summed E-state index contributed by atoms with van der Waals surface area (Å²) in [5.41, 5.74) is 1.67. The second-order valence-electron chi connectivity index (χ2n) is 4.65. The van der Waals surface area contributed by atoms with Crippen LogP contribution in [0, 0.1) is 13.8 Å². The standard InChI is InChI=1S/C10H18N4O/c1-6-7(2)13-14-8(6)11-9(15)12-10(3,4)5/h1-5H3,(H3,11,12,13,14,15). The van der Waals surface area contributed by atoms with Gasteiger partial charge in [0.1, 0.15) is 0 Å². The van der Waals surface area contributed by atoms with Crippen LogP contribution < -0.4 is 10.6 Å². The van der Waals surface area contributed by atoms with Gasteiger partial charge >= 0.3 is 6.03 Å². The number of nitrogens with one attached hydrogen (secondary N) is 3. The van der Waals surface area contributed by atoms with Crippen molar-refractivity contribution in [1.82, 2.24) is 15.5 Å². The van der Waals surface area contributed by atoms with Gasteiger partial charge < -0.3 is 5.32 Å². The minimum absolute atomic E-state index is 0.239. The van der Waals surface area contributed by atoms with E-state index < -0.39 is 0 Å². The Morgan fingerprint density at radius 2 is 1.93 bits per heavy atom. The van der Waals surface area contributed by atoms with Crippen molar-refractivity contribution >= 4 is 11.8 Å². The molecule has 0 saturated carbocycles. The summed E-state index contributed by atoms with van der Waals surface area (Å²) in [7, 11) is 0. The molecule has 1 aromatic rings. The minimum atomic E-state index is -0.247. The van der Waals surface area contributed by atoms with Crippen LogP contribution in [0.3, 0.4) is 0 Å².